The molecule has 5 nitrogen and oxygen atoms in total. The number of rotatable bonds is 3. The first kappa shape index (κ1) is 28.6. The summed E-state index contributed by atoms with van der Waals surface area (Å²) in [5.41, 5.74) is 8.14. The van der Waals surface area contributed by atoms with Crippen LogP contribution in [0.4, 0.5) is 0 Å². The predicted octanol–water partition coefficient (Wildman–Crippen LogP) is 11.1. The highest BCUT2D eigenvalue weighted by Crippen LogP contribution is 2.50. The summed E-state index contributed by atoms with van der Waals surface area (Å²) in [5, 5.41) is 15.2. The van der Waals surface area contributed by atoms with Crippen LogP contribution in [0.2, 0.25) is 0 Å². The van der Waals surface area contributed by atoms with Gasteiger partial charge in [-0.1, -0.05) is 133 Å². The third kappa shape index (κ3) is 4.21. The molecule has 1 aliphatic heterocycles. The molecular weight excluding hydrogens is 643 g/mol. The second-order valence-electron chi connectivity index (χ2n) is 13.2. The molecule has 7 aromatic carbocycles. The van der Waals surface area contributed by atoms with E-state index >= 15 is 0 Å². The summed E-state index contributed by atoms with van der Waals surface area (Å²) in [6.45, 7) is 0. The van der Waals surface area contributed by atoms with Gasteiger partial charge < -0.3 is 9.88 Å². The first-order valence-electron chi connectivity index (χ1n) is 17.4. The third-order valence-corrected chi connectivity index (χ3v) is 11.5. The number of para-hydroxylation sites is 3. The van der Waals surface area contributed by atoms with Gasteiger partial charge in [0.1, 0.15) is 12.3 Å². The molecule has 0 radical (unpaired) electrons. The average Bonchev–Trinajstić information content (AvgIpc) is 3.87. The summed E-state index contributed by atoms with van der Waals surface area (Å²) in [4.78, 5) is 5.49. The SMILES string of the molecule is c1ccc(C2N=C(n3c4ccccc4c4c3c3sc5ccccc5c3c3c5ccccc5n(-c5ccccc5)c34)NC(c3ccccc3)N2)cc1. The summed E-state index contributed by atoms with van der Waals surface area (Å²) < 4.78 is 7.43. The van der Waals surface area contributed by atoms with Crippen molar-refractivity contribution >= 4 is 81.1 Å². The van der Waals surface area contributed by atoms with Crippen molar-refractivity contribution in [2.75, 3.05) is 0 Å². The molecule has 2 unspecified atom stereocenters. The van der Waals surface area contributed by atoms with Crippen LogP contribution in [-0.4, -0.2) is 15.1 Å². The van der Waals surface area contributed by atoms with Crippen molar-refractivity contribution < 1.29 is 0 Å². The van der Waals surface area contributed by atoms with Gasteiger partial charge in [-0.3, -0.25) is 9.88 Å². The highest BCUT2D eigenvalue weighted by atomic mass is 32.1. The van der Waals surface area contributed by atoms with Gasteiger partial charge in [0.25, 0.3) is 0 Å². The second-order valence-corrected chi connectivity index (χ2v) is 14.3. The second kappa shape index (κ2) is 11.2. The van der Waals surface area contributed by atoms with E-state index in [9.17, 15) is 0 Å². The molecule has 0 saturated heterocycles. The maximum absolute atomic E-state index is 5.49. The van der Waals surface area contributed by atoms with E-state index in [2.05, 4.69) is 184 Å². The zero-order valence-corrected chi connectivity index (χ0v) is 28.3. The van der Waals surface area contributed by atoms with E-state index in [1.807, 2.05) is 11.3 Å². The largest absolute Gasteiger partial charge is 0.336 e. The Morgan fingerprint density at radius 2 is 1.06 bits per heavy atom. The molecule has 6 heteroatoms. The number of nitrogens with one attached hydrogen (secondary N) is 2. The Morgan fingerprint density at radius 3 is 1.78 bits per heavy atom. The molecule has 10 aromatic rings. The van der Waals surface area contributed by atoms with Crippen LogP contribution in [0.25, 0.3) is 69.5 Å². The van der Waals surface area contributed by atoms with Crippen LogP contribution in [0, 0.1) is 0 Å². The van der Waals surface area contributed by atoms with E-state index in [1.165, 1.54) is 58.3 Å². The first-order valence-corrected chi connectivity index (χ1v) is 18.2. The Labute approximate surface area is 297 Å². The van der Waals surface area contributed by atoms with Crippen molar-refractivity contribution in [3.8, 4) is 5.69 Å². The van der Waals surface area contributed by atoms with Crippen LogP contribution < -0.4 is 10.6 Å². The highest BCUT2D eigenvalue weighted by molar-refractivity contribution is 7.27. The smallest absolute Gasteiger partial charge is 0.206 e. The fraction of sp³-hybridized carbons (Fsp3) is 0.0444. The molecule has 1 aliphatic rings. The summed E-state index contributed by atoms with van der Waals surface area (Å²) in [6, 6.07) is 58.6. The van der Waals surface area contributed by atoms with Gasteiger partial charge in [0, 0.05) is 42.7 Å². The van der Waals surface area contributed by atoms with Crippen LogP contribution in [0.3, 0.4) is 0 Å². The van der Waals surface area contributed by atoms with Gasteiger partial charge in [0.15, 0.2) is 0 Å². The van der Waals surface area contributed by atoms with Crippen LogP contribution in [0.1, 0.15) is 23.5 Å². The minimum atomic E-state index is -0.249. The molecule has 4 heterocycles. The summed E-state index contributed by atoms with van der Waals surface area (Å²) in [7, 11) is 0. The van der Waals surface area contributed by atoms with Crippen molar-refractivity contribution in [1.29, 1.82) is 0 Å². The van der Waals surface area contributed by atoms with Gasteiger partial charge in [-0.05, 0) is 41.5 Å². The van der Waals surface area contributed by atoms with Gasteiger partial charge in [0.2, 0.25) is 5.96 Å². The Hall–Kier alpha value is -6.21. The Balaban J connectivity index is 1.35. The fourth-order valence-corrected chi connectivity index (χ4v) is 9.48. The summed E-state index contributed by atoms with van der Waals surface area (Å²) in [6.07, 6.45) is -0.404. The van der Waals surface area contributed by atoms with E-state index in [0.717, 1.165) is 28.3 Å². The average molecular weight is 674 g/mol. The number of aliphatic imine (C=N–C) groups is 1. The maximum Gasteiger partial charge on any atom is 0.206 e. The number of fused-ring (bicyclic) bond motifs is 12. The molecular formula is C45H31N5S. The van der Waals surface area contributed by atoms with E-state index in [4.69, 9.17) is 4.99 Å². The molecule has 2 N–H and O–H groups in total. The van der Waals surface area contributed by atoms with Gasteiger partial charge in [-0.15, -0.1) is 11.3 Å². The summed E-state index contributed by atoms with van der Waals surface area (Å²) in [5.74, 6) is 0.822. The lowest BCUT2D eigenvalue weighted by molar-refractivity contribution is 0.403. The van der Waals surface area contributed by atoms with Crippen LogP contribution in [0.5, 0.6) is 0 Å². The molecule has 0 bridgehead atoms. The van der Waals surface area contributed by atoms with Crippen LogP contribution in [0.15, 0.2) is 169 Å². The van der Waals surface area contributed by atoms with Gasteiger partial charge >= 0.3 is 0 Å². The lowest BCUT2D eigenvalue weighted by atomic mass is 10.0. The van der Waals surface area contributed by atoms with Gasteiger partial charge in [-0.25, -0.2) is 4.99 Å². The quantitative estimate of drug-likeness (QED) is 0.196. The third-order valence-electron chi connectivity index (χ3n) is 10.4. The predicted molar refractivity (Wildman–Crippen MR) is 214 cm³/mol. The molecule has 0 spiro atoms. The minimum absolute atomic E-state index is 0.155. The van der Waals surface area contributed by atoms with Crippen molar-refractivity contribution in [3.05, 3.63) is 175 Å². The molecule has 11 rings (SSSR count). The monoisotopic (exact) mass is 673 g/mol. The maximum atomic E-state index is 5.49. The minimum Gasteiger partial charge on any atom is -0.336 e. The van der Waals surface area contributed by atoms with Gasteiger partial charge in [0.05, 0.1) is 26.8 Å². The Morgan fingerprint density at radius 1 is 0.490 bits per heavy atom. The number of aromatic nitrogens is 2. The van der Waals surface area contributed by atoms with Crippen LogP contribution in [-0.2, 0) is 0 Å². The number of hydrogen-bond donors (Lipinski definition) is 2. The molecule has 0 saturated carbocycles. The Kier molecular flexibility index (Phi) is 6.26. The van der Waals surface area contributed by atoms with E-state index in [0.29, 0.717) is 0 Å². The Bertz CT molecular complexity index is 2970. The number of nitrogens with zero attached hydrogens (tertiary/aromatic N) is 3. The molecule has 3 aromatic heterocycles. The molecule has 0 aliphatic carbocycles. The lowest BCUT2D eigenvalue weighted by Crippen LogP contribution is -2.47. The molecule has 242 valence electrons. The number of thiophene rings is 1. The lowest BCUT2D eigenvalue weighted by Gasteiger charge is -2.32. The van der Waals surface area contributed by atoms with E-state index in [-0.39, 0.29) is 12.3 Å². The standard InChI is InChI=1S/C45H31N5S/c1-4-16-28(17-5-1)43-46-44(29-18-6-2-7-19-29)48-45(47-43)50-35-26-14-11-23-32(35)39-40-37(38-33-24-12-15-27-36(33)51-42(38)41(39)50)31-22-10-13-25-34(31)49(40)30-20-8-3-9-21-30/h1-27,43-44,46H,(H,47,48). The fourth-order valence-electron chi connectivity index (χ4n) is 8.23. The highest BCUT2D eigenvalue weighted by Gasteiger charge is 2.31. The van der Waals surface area contributed by atoms with Crippen molar-refractivity contribution in [3.63, 3.8) is 0 Å². The number of hydrogen-bond acceptors (Lipinski definition) is 4. The normalized spacial score (nSPS) is 16.4. The molecule has 0 fully saturated rings. The van der Waals surface area contributed by atoms with Crippen molar-refractivity contribution in [2.24, 2.45) is 4.99 Å². The molecule has 51 heavy (non-hydrogen) atoms. The van der Waals surface area contributed by atoms with Gasteiger partial charge in [-0.2, -0.15) is 0 Å². The number of benzene rings is 7. The topological polar surface area (TPSA) is 46.3 Å². The van der Waals surface area contributed by atoms with Crippen LogP contribution >= 0.6 is 11.3 Å². The molecule has 2 atom stereocenters. The molecule has 0 amide bonds. The van der Waals surface area contributed by atoms with Crippen molar-refractivity contribution in [2.45, 2.75) is 12.3 Å². The zero-order chi connectivity index (χ0) is 33.5. The van der Waals surface area contributed by atoms with Crippen molar-refractivity contribution in [1.82, 2.24) is 19.8 Å². The summed E-state index contributed by atoms with van der Waals surface area (Å²) >= 11 is 1.88. The first-order chi connectivity index (χ1) is 25.3. The zero-order valence-electron chi connectivity index (χ0n) is 27.5. The van der Waals surface area contributed by atoms with E-state index in [1.54, 1.807) is 0 Å². The van der Waals surface area contributed by atoms with E-state index < -0.39 is 0 Å².